The highest BCUT2D eigenvalue weighted by molar-refractivity contribution is 6.20. The minimum absolute atomic E-state index is 0.0680. The van der Waals surface area contributed by atoms with Crippen LogP contribution >= 0.6 is 0 Å². The lowest BCUT2D eigenvalue weighted by Crippen LogP contribution is -2.42. The summed E-state index contributed by atoms with van der Waals surface area (Å²) < 4.78 is 22.3. The number of carbonyl (C=O) groups excluding carboxylic acids is 2. The Labute approximate surface area is 229 Å². The summed E-state index contributed by atoms with van der Waals surface area (Å²) in [7, 11) is 0. The third-order valence-electron chi connectivity index (χ3n) is 6.71. The molecular formula is C29H26FN7O3. The molecule has 4 aromatic rings. The number of para-hydroxylation sites is 1. The van der Waals surface area contributed by atoms with Gasteiger partial charge in [0.15, 0.2) is 6.23 Å². The number of nitrogens with one attached hydrogen (secondary N) is 3. The van der Waals surface area contributed by atoms with E-state index >= 15 is 4.39 Å². The number of fused-ring (bicyclic) bond motifs is 1. The van der Waals surface area contributed by atoms with Gasteiger partial charge in [-0.25, -0.2) is 14.7 Å². The zero-order valence-electron chi connectivity index (χ0n) is 21.6. The highest BCUT2D eigenvalue weighted by Crippen LogP contribution is 2.33. The zero-order valence-corrected chi connectivity index (χ0v) is 21.6. The summed E-state index contributed by atoms with van der Waals surface area (Å²) >= 11 is 0. The summed E-state index contributed by atoms with van der Waals surface area (Å²) in [6, 6.07) is 19.9. The Hall–Kier alpha value is -4.90. The van der Waals surface area contributed by atoms with E-state index in [1.165, 1.54) is 10.9 Å². The fourth-order valence-corrected chi connectivity index (χ4v) is 4.70. The molecule has 3 N–H and O–H groups in total. The van der Waals surface area contributed by atoms with Gasteiger partial charge in [-0.05, 0) is 25.1 Å². The number of benzene rings is 2. The van der Waals surface area contributed by atoms with Crippen LogP contribution in [0.1, 0.15) is 41.1 Å². The monoisotopic (exact) mass is 539 g/mol. The Balaban J connectivity index is 1.38. The van der Waals surface area contributed by atoms with Crippen LogP contribution < -0.4 is 16.0 Å². The molecule has 40 heavy (non-hydrogen) atoms. The molecule has 2 aromatic carbocycles. The highest BCUT2D eigenvalue weighted by atomic mass is 19.1. The van der Waals surface area contributed by atoms with Crippen molar-refractivity contribution in [2.75, 3.05) is 23.8 Å². The lowest BCUT2D eigenvalue weighted by Gasteiger charge is -2.28. The summed E-state index contributed by atoms with van der Waals surface area (Å²) in [4.78, 5) is 35.6. The third-order valence-corrected chi connectivity index (χ3v) is 6.71. The van der Waals surface area contributed by atoms with Crippen molar-refractivity contribution < 1.29 is 18.7 Å². The van der Waals surface area contributed by atoms with Crippen molar-refractivity contribution in [1.82, 2.24) is 20.1 Å². The molecule has 202 valence electrons. The Bertz CT molecular complexity index is 1620. The summed E-state index contributed by atoms with van der Waals surface area (Å²) in [5.74, 6) is -1.54. The van der Waals surface area contributed by atoms with Gasteiger partial charge in [-0.1, -0.05) is 48.5 Å². The molecule has 4 heterocycles. The van der Waals surface area contributed by atoms with Crippen molar-refractivity contribution in [3.8, 4) is 11.3 Å². The summed E-state index contributed by atoms with van der Waals surface area (Å²) in [6.45, 7) is 2.99. The first kappa shape index (κ1) is 25.4. The first-order valence-electron chi connectivity index (χ1n) is 13.0. The molecule has 0 spiro atoms. The van der Waals surface area contributed by atoms with Gasteiger partial charge in [-0.15, -0.1) is 0 Å². The standard InChI is InChI=1S/C29H26FN7O3/c1-2-31-22-13-12-19(26(30)34-22)25-20(16-32-37(25)23-14-15-40-23)28(38)36-27-29(39)33-21-11-7-6-10-18(21)24(35-27)17-8-4-3-5-9-17/h3-13,16,23,27H,2,14-15H2,1H3,(H,31,34)(H,33,39)(H,36,38)/t23?,27-/m1/s1. The van der Waals surface area contributed by atoms with Crippen LogP contribution in [0.3, 0.4) is 0 Å². The third kappa shape index (κ3) is 4.71. The van der Waals surface area contributed by atoms with Crippen molar-refractivity contribution in [2.24, 2.45) is 4.99 Å². The number of anilines is 2. The lowest BCUT2D eigenvalue weighted by atomic mass is 10.0. The maximum atomic E-state index is 15.3. The van der Waals surface area contributed by atoms with Crippen molar-refractivity contribution in [2.45, 2.75) is 25.7 Å². The molecule has 0 saturated carbocycles. The Morgan fingerprint density at radius 3 is 2.60 bits per heavy atom. The number of ether oxygens (including phenoxy) is 1. The lowest BCUT2D eigenvalue weighted by molar-refractivity contribution is -0.117. The van der Waals surface area contributed by atoms with E-state index in [-0.39, 0.29) is 16.8 Å². The number of pyridine rings is 1. The number of carbonyl (C=O) groups is 2. The quantitative estimate of drug-likeness (QED) is 0.306. The minimum atomic E-state index is -1.26. The van der Waals surface area contributed by atoms with Gasteiger partial charge in [0.2, 0.25) is 12.1 Å². The van der Waals surface area contributed by atoms with Gasteiger partial charge in [0.1, 0.15) is 5.82 Å². The van der Waals surface area contributed by atoms with Gasteiger partial charge in [0, 0.05) is 24.1 Å². The SMILES string of the molecule is CCNc1ccc(-c2c(C(=O)N[C@H]3N=C(c4ccccc4)c4ccccc4NC3=O)cnn2C2CCO2)c(F)n1. The van der Waals surface area contributed by atoms with E-state index in [9.17, 15) is 9.59 Å². The van der Waals surface area contributed by atoms with E-state index in [0.717, 1.165) is 11.1 Å². The van der Waals surface area contributed by atoms with Crippen molar-refractivity contribution in [3.05, 3.63) is 95.6 Å². The fourth-order valence-electron chi connectivity index (χ4n) is 4.70. The maximum Gasteiger partial charge on any atom is 0.269 e. The van der Waals surface area contributed by atoms with Crippen LogP contribution in [0.5, 0.6) is 0 Å². The van der Waals surface area contributed by atoms with Crippen LogP contribution in [0.4, 0.5) is 15.9 Å². The Kier molecular flexibility index (Phi) is 6.79. The summed E-state index contributed by atoms with van der Waals surface area (Å²) in [6.07, 6.45) is 0.303. The number of rotatable bonds is 7. The van der Waals surface area contributed by atoms with E-state index in [1.54, 1.807) is 18.2 Å². The maximum absolute atomic E-state index is 15.3. The number of aliphatic imine (C=N–C) groups is 1. The van der Waals surface area contributed by atoms with Crippen LogP contribution in [0.15, 0.2) is 77.9 Å². The molecule has 0 aliphatic carbocycles. The molecule has 1 fully saturated rings. The molecular weight excluding hydrogens is 513 g/mol. The molecule has 10 nitrogen and oxygen atoms in total. The summed E-state index contributed by atoms with van der Waals surface area (Å²) in [5.41, 5.74) is 3.01. The molecule has 1 saturated heterocycles. The van der Waals surface area contributed by atoms with Crippen molar-refractivity contribution in [3.63, 3.8) is 0 Å². The number of benzodiazepines with no additional fused rings is 1. The highest BCUT2D eigenvalue weighted by Gasteiger charge is 2.32. The summed E-state index contributed by atoms with van der Waals surface area (Å²) in [5, 5.41) is 12.9. The predicted molar refractivity (Wildman–Crippen MR) is 148 cm³/mol. The van der Waals surface area contributed by atoms with Crippen LogP contribution in [0, 0.1) is 5.95 Å². The molecule has 0 radical (unpaired) electrons. The minimum Gasteiger partial charge on any atom is -0.370 e. The fraction of sp³-hybridized carbons (Fsp3) is 0.207. The molecule has 1 unspecified atom stereocenters. The smallest absolute Gasteiger partial charge is 0.269 e. The van der Waals surface area contributed by atoms with Crippen LogP contribution in [-0.2, 0) is 9.53 Å². The number of halogens is 1. The Morgan fingerprint density at radius 2 is 1.88 bits per heavy atom. The molecule has 6 rings (SSSR count). The number of hydrogen-bond acceptors (Lipinski definition) is 7. The molecule has 2 aliphatic rings. The van der Waals surface area contributed by atoms with Gasteiger partial charge in [0.05, 0.1) is 41.0 Å². The normalized spacial score (nSPS) is 18.1. The molecule has 11 heteroatoms. The topological polar surface area (TPSA) is 123 Å². The van der Waals surface area contributed by atoms with Gasteiger partial charge in [-0.2, -0.15) is 9.49 Å². The second kappa shape index (κ2) is 10.7. The molecule has 2 amide bonds. The van der Waals surface area contributed by atoms with Gasteiger partial charge in [-0.3, -0.25) is 9.59 Å². The van der Waals surface area contributed by atoms with E-state index in [0.29, 0.717) is 36.8 Å². The second-order valence-electron chi connectivity index (χ2n) is 9.29. The number of nitrogens with zero attached hydrogens (tertiary/aromatic N) is 4. The average Bonchev–Trinajstić information content (AvgIpc) is 3.29. The number of aromatic nitrogens is 3. The van der Waals surface area contributed by atoms with Crippen LogP contribution in [0.25, 0.3) is 11.3 Å². The molecule has 2 atom stereocenters. The second-order valence-corrected chi connectivity index (χ2v) is 9.29. The first-order chi connectivity index (χ1) is 19.5. The van der Waals surface area contributed by atoms with Crippen molar-refractivity contribution >= 4 is 29.0 Å². The Morgan fingerprint density at radius 1 is 1.10 bits per heavy atom. The van der Waals surface area contributed by atoms with Gasteiger partial charge in [0.25, 0.3) is 11.8 Å². The van der Waals surface area contributed by atoms with E-state index in [2.05, 4.69) is 31.0 Å². The number of hydrogen-bond donors (Lipinski definition) is 3. The zero-order chi connectivity index (χ0) is 27.6. The predicted octanol–water partition coefficient (Wildman–Crippen LogP) is 3.98. The molecule has 2 aromatic heterocycles. The van der Waals surface area contributed by atoms with Gasteiger partial charge >= 0.3 is 0 Å². The van der Waals surface area contributed by atoms with Crippen LogP contribution in [-0.4, -0.2) is 51.6 Å². The van der Waals surface area contributed by atoms with E-state index < -0.39 is 30.2 Å². The van der Waals surface area contributed by atoms with Crippen molar-refractivity contribution in [1.29, 1.82) is 0 Å². The molecule has 2 aliphatic heterocycles. The molecule has 0 bridgehead atoms. The van der Waals surface area contributed by atoms with Crippen LogP contribution in [0.2, 0.25) is 0 Å². The first-order valence-corrected chi connectivity index (χ1v) is 13.0. The van der Waals surface area contributed by atoms with Gasteiger partial charge < -0.3 is 20.7 Å². The largest absolute Gasteiger partial charge is 0.370 e. The average molecular weight is 540 g/mol. The van der Waals surface area contributed by atoms with E-state index in [1.807, 2.05) is 55.5 Å². The van der Waals surface area contributed by atoms with E-state index in [4.69, 9.17) is 4.74 Å². The number of amides is 2.